The Hall–Kier alpha value is -2.40. The van der Waals surface area contributed by atoms with Gasteiger partial charge in [0, 0.05) is 38.3 Å². The molecule has 0 aliphatic carbocycles. The summed E-state index contributed by atoms with van der Waals surface area (Å²) in [6, 6.07) is 14.4. The summed E-state index contributed by atoms with van der Waals surface area (Å²) in [5.41, 5.74) is 0.976. The van der Waals surface area contributed by atoms with Gasteiger partial charge in [0.1, 0.15) is 18.2 Å². The molecule has 3 rings (SSSR count). The topological polar surface area (TPSA) is 32.8 Å². The van der Waals surface area contributed by atoms with Gasteiger partial charge in [-0.15, -0.1) is 0 Å². The predicted molar refractivity (Wildman–Crippen MR) is 95.4 cm³/mol. The second kappa shape index (κ2) is 8.12. The number of para-hydroxylation sites is 1. The van der Waals surface area contributed by atoms with Crippen LogP contribution in [0, 0.1) is 12.7 Å². The average Bonchev–Trinajstić information content (AvgIpc) is 2.65. The molecule has 1 saturated heterocycles. The summed E-state index contributed by atoms with van der Waals surface area (Å²) in [7, 11) is 0. The molecule has 1 aliphatic rings. The normalized spacial score (nSPS) is 15.2. The van der Waals surface area contributed by atoms with Crippen molar-refractivity contribution in [1.29, 1.82) is 0 Å². The van der Waals surface area contributed by atoms with Crippen molar-refractivity contribution in [2.24, 2.45) is 0 Å². The van der Waals surface area contributed by atoms with E-state index in [0.717, 1.165) is 25.4 Å². The SMILES string of the molecule is Cc1ccc(C(=O)N2CCN(CCOc3ccccc3)CC2)cc1F. The standard InChI is InChI=1S/C20H23FN2O2/c1-16-7-8-17(15-19(16)21)20(24)23-11-9-22(10-12-23)13-14-25-18-5-3-2-4-6-18/h2-8,15H,9-14H2,1H3. The fourth-order valence-corrected chi connectivity index (χ4v) is 2.89. The van der Waals surface area contributed by atoms with Gasteiger partial charge < -0.3 is 9.64 Å². The van der Waals surface area contributed by atoms with Gasteiger partial charge in [0.05, 0.1) is 0 Å². The summed E-state index contributed by atoms with van der Waals surface area (Å²) in [6.07, 6.45) is 0. The number of hydrogen-bond donors (Lipinski definition) is 0. The van der Waals surface area contributed by atoms with Crippen molar-refractivity contribution in [3.05, 3.63) is 65.5 Å². The van der Waals surface area contributed by atoms with Crippen LogP contribution in [-0.4, -0.2) is 55.0 Å². The van der Waals surface area contributed by atoms with Gasteiger partial charge in [0.15, 0.2) is 0 Å². The van der Waals surface area contributed by atoms with E-state index in [2.05, 4.69) is 4.90 Å². The van der Waals surface area contributed by atoms with E-state index in [-0.39, 0.29) is 11.7 Å². The van der Waals surface area contributed by atoms with Crippen LogP contribution < -0.4 is 4.74 Å². The van der Waals surface area contributed by atoms with Crippen LogP contribution in [0.3, 0.4) is 0 Å². The Morgan fingerprint density at radius 1 is 1.08 bits per heavy atom. The number of halogens is 1. The number of benzene rings is 2. The Morgan fingerprint density at radius 2 is 1.80 bits per heavy atom. The third-order valence-electron chi connectivity index (χ3n) is 4.50. The largest absolute Gasteiger partial charge is 0.492 e. The van der Waals surface area contributed by atoms with Gasteiger partial charge in [0.2, 0.25) is 0 Å². The molecular formula is C20H23FN2O2. The molecule has 1 amide bonds. The Kier molecular flexibility index (Phi) is 5.66. The summed E-state index contributed by atoms with van der Waals surface area (Å²) >= 11 is 0. The quantitative estimate of drug-likeness (QED) is 0.837. The van der Waals surface area contributed by atoms with Crippen molar-refractivity contribution in [3.63, 3.8) is 0 Å². The molecule has 1 aliphatic heterocycles. The number of carbonyl (C=O) groups excluding carboxylic acids is 1. The highest BCUT2D eigenvalue weighted by Crippen LogP contribution is 2.13. The van der Waals surface area contributed by atoms with Crippen molar-refractivity contribution in [2.75, 3.05) is 39.3 Å². The van der Waals surface area contributed by atoms with Crippen molar-refractivity contribution in [3.8, 4) is 5.75 Å². The van der Waals surface area contributed by atoms with Gasteiger partial charge in [-0.2, -0.15) is 0 Å². The van der Waals surface area contributed by atoms with E-state index in [9.17, 15) is 9.18 Å². The second-order valence-electron chi connectivity index (χ2n) is 6.26. The highest BCUT2D eigenvalue weighted by Gasteiger charge is 2.22. The van der Waals surface area contributed by atoms with Crippen molar-refractivity contribution in [2.45, 2.75) is 6.92 Å². The zero-order valence-electron chi connectivity index (χ0n) is 14.5. The molecule has 0 spiro atoms. The molecule has 132 valence electrons. The van der Waals surface area contributed by atoms with E-state index in [4.69, 9.17) is 4.74 Å². The van der Waals surface area contributed by atoms with Crippen LogP contribution in [-0.2, 0) is 0 Å². The number of amides is 1. The maximum atomic E-state index is 13.7. The number of aryl methyl sites for hydroxylation is 1. The number of rotatable bonds is 5. The van der Waals surface area contributed by atoms with E-state index in [1.165, 1.54) is 6.07 Å². The molecule has 0 atom stereocenters. The molecule has 1 heterocycles. The summed E-state index contributed by atoms with van der Waals surface area (Å²) in [6.45, 7) is 6.06. The first-order valence-corrected chi connectivity index (χ1v) is 8.59. The minimum atomic E-state index is -0.331. The molecule has 0 N–H and O–H groups in total. The Labute approximate surface area is 147 Å². The summed E-state index contributed by atoms with van der Waals surface area (Å²) < 4.78 is 19.4. The van der Waals surface area contributed by atoms with E-state index in [0.29, 0.717) is 30.8 Å². The maximum absolute atomic E-state index is 13.7. The summed E-state index contributed by atoms with van der Waals surface area (Å²) in [4.78, 5) is 16.6. The zero-order valence-corrected chi connectivity index (χ0v) is 14.5. The average molecular weight is 342 g/mol. The molecular weight excluding hydrogens is 319 g/mol. The molecule has 0 saturated carbocycles. The summed E-state index contributed by atoms with van der Waals surface area (Å²) in [5.74, 6) is 0.444. The van der Waals surface area contributed by atoms with Crippen molar-refractivity contribution < 1.29 is 13.9 Å². The highest BCUT2D eigenvalue weighted by atomic mass is 19.1. The Bertz CT molecular complexity index is 713. The van der Waals surface area contributed by atoms with Gasteiger partial charge in [-0.25, -0.2) is 4.39 Å². The van der Waals surface area contributed by atoms with Gasteiger partial charge in [-0.1, -0.05) is 24.3 Å². The van der Waals surface area contributed by atoms with Crippen LogP contribution in [0.2, 0.25) is 0 Å². The van der Waals surface area contributed by atoms with Gasteiger partial charge in [-0.3, -0.25) is 9.69 Å². The number of piperazine rings is 1. The zero-order chi connectivity index (χ0) is 17.6. The van der Waals surface area contributed by atoms with E-state index >= 15 is 0 Å². The lowest BCUT2D eigenvalue weighted by atomic mass is 10.1. The number of nitrogens with zero attached hydrogens (tertiary/aromatic N) is 2. The molecule has 0 unspecified atom stereocenters. The monoisotopic (exact) mass is 342 g/mol. The van der Waals surface area contributed by atoms with Crippen LogP contribution in [0.25, 0.3) is 0 Å². The minimum absolute atomic E-state index is 0.0981. The first-order valence-electron chi connectivity index (χ1n) is 8.59. The Balaban J connectivity index is 1.45. The van der Waals surface area contributed by atoms with E-state index in [1.807, 2.05) is 30.3 Å². The van der Waals surface area contributed by atoms with Crippen LogP contribution in [0.1, 0.15) is 15.9 Å². The molecule has 25 heavy (non-hydrogen) atoms. The number of carbonyl (C=O) groups is 1. The van der Waals surface area contributed by atoms with Crippen LogP contribution in [0.15, 0.2) is 48.5 Å². The van der Waals surface area contributed by atoms with Gasteiger partial charge in [-0.05, 0) is 36.8 Å². The smallest absolute Gasteiger partial charge is 0.254 e. The maximum Gasteiger partial charge on any atom is 0.254 e. The molecule has 0 bridgehead atoms. The molecule has 2 aromatic rings. The molecule has 0 radical (unpaired) electrons. The van der Waals surface area contributed by atoms with Gasteiger partial charge in [0.25, 0.3) is 5.91 Å². The summed E-state index contributed by atoms with van der Waals surface area (Å²) in [5, 5.41) is 0. The Morgan fingerprint density at radius 3 is 2.48 bits per heavy atom. The third-order valence-corrected chi connectivity index (χ3v) is 4.50. The minimum Gasteiger partial charge on any atom is -0.492 e. The first kappa shape index (κ1) is 17.4. The number of hydrogen-bond acceptors (Lipinski definition) is 3. The lowest BCUT2D eigenvalue weighted by molar-refractivity contribution is 0.0620. The highest BCUT2D eigenvalue weighted by molar-refractivity contribution is 5.94. The van der Waals surface area contributed by atoms with Crippen LogP contribution in [0.4, 0.5) is 4.39 Å². The van der Waals surface area contributed by atoms with E-state index in [1.54, 1.807) is 24.0 Å². The molecule has 0 aromatic heterocycles. The predicted octanol–water partition coefficient (Wildman–Crippen LogP) is 2.97. The van der Waals surface area contributed by atoms with Crippen LogP contribution in [0.5, 0.6) is 5.75 Å². The number of ether oxygens (including phenoxy) is 1. The molecule has 5 heteroatoms. The van der Waals surface area contributed by atoms with Crippen molar-refractivity contribution >= 4 is 5.91 Å². The lowest BCUT2D eigenvalue weighted by Gasteiger charge is -2.34. The second-order valence-corrected chi connectivity index (χ2v) is 6.26. The fourth-order valence-electron chi connectivity index (χ4n) is 2.89. The fraction of sp³-hybridized carbons (Fsp3) is 0.350. The molecule has 1 fully saturated rings. The molecule has 2 aromatic carbocycles. The third kappa shape index (κ3) is 4.57. The van der Waals surface area contributed by atoms with Crippen molar-refractivity contribution in [1.82, 2.24) is 9.80 Å². The first-order chi connectivity index (χ1) is 12.1. The lowest BCUT2D eigenvalue weighted by Crippen LogP contribution is -2.49. The van der Waals surface area contributed by atoms with E-state index < -0.39 is 0 Å². The van der Waals surface area contributed by atoms with Gasteiger partial charge >= 0.3 is 0 Å². The van der Waals surface area contributed by atoms with Crippen LogP contribution >= 0.6 is 0 Å². The molecule has 4 nitrogen and oxygen atoms in total.